The van der Waals surface area contributed by atoms with E-state index in [1.54, 1.807) is 43.0 Å². The zero-order valence-corrected chi connectivity index (χ0v) is 22.3. The molecular formula is C29H27BF2N2O4S. The Labute approximate surface area is 230 Å². The van der Waals surface area contributed by atoms with Crippen molar-refractivity contribution in [3.8, 4) is 17.2 Å². The van der Waals surface area contributed by atoms with Crippen molar-refractivity contribution in [2.75, 3.05) is 25.1 Å². The molecule has 1 unspecified atom stereocenters. The number of halogens is 2. The highest BCUT2D eigenvalue weighted by molar-refractivity contribution is 7.21. The summed E-state index contributed by atoms with van der Waals surface area (Å²) in [5.74, 6) is 0.270. The average molecular weight is 548 g/mol. The summed E-state index contributed by atoms with van der Waals surface area (Å²) in [6.07, 6.45) is -0.145. The molecule has 1 aliphatic heterocycles. The minimum Gasteiger partial charge on any atom is -0.508 e. The van der Waals surface area contributed by atoms with E-state index in [1.165, 1.54) is 29.5 Å². The SMILES string of the molecule is [B]C(O)(CCF)N1CC(Nc2ccc(Oc3c(C(=O)c4c(C)cc(F)cc4C)sc4cc(O)ccc34)cc2)C1. The van der Waals surface area contributed by atoms with Crippen LogP contribution in [-0.4, -0.2) is 60.2 Å². The normalized spacial score (nSPS) is 15.6. The first-order valence-corrected chi connectivity index (χ1v) is 13.3. The lowest BCUT2D eigenvalue weighted by molar-refractivity contribution is -0.0842. The molecule has 3 aromatic carbocycles. The van der Waals surface area contributed by atoms with E-state index in [0.29, 0.717) is 56.2 Å². The molecule has 200 valence electrons. The Kier molecular flexibility index (Phi) is 7.37. The molecule has 4 aromatic rings. The fourth-order valence-electron chi connectivity index (χ4n) is 4.85. The largest absolute Gasteiger partial charge is 0.508 e. The number of hydrogen-bond donors (Lipinski definition) is 3. The first-order chi connectivity index (χ1) is 18.6. The molecule has 0 aliphatic carbocycles. The van der Waals surface area contributed by atoms with Crippen molar-refractivity contribution in [3.63, 3.8) is 0 Å². The molecule has 10 heteroatoms. The second-order valence-electron chi connectivity index (χ2n) is 9.87. The van der Waals surface area contributed by atoms with E-state index in [-0.39, 0.29) is 24.0 Å². The molecule has 0 amide bonds. The van der Waals surface area contributed by atoms with Gasteiger partial charge in [-0.3, -0.25) is 14.1 Å². The maximum Gasteiger partial charge on any atom is 0.207 e. The summed E-state index contributed by atoms with van der Waals surface area (Å²) >= 11 is 1.21. The Bertz CT molecular complexity index is 1510. The van der Waals surface area contributed by atoms with Crippen LogP contribution in [0.4, 0.5) is 14.5 Å². The fourth-order valence-corrected chi connectivity index (χ4v) is 5.96. The number of alkyl halides is 1. The van der Waals surface area contributed by atoms with Crippen molar-refractivity contribution < 1.29 is 28.5 Å². The number of nitrogens with zero attached hydrogens (tertiary/aromatic N) is 1. The van der Waals surface area contributed by atoms with E-state index in [0.717, 1.165) is 5.69 Å². The molecule has 0 bridgehead atoms. The van der Waals surface area contributed by atoms with Crippen molar-refractivity contribution in [2.45, 2.75) is 31.9 Å². The number of thiophene rings is 1. The minimum absolute atomic E-state index is 0.0476. The van der Waals surface area contributed by atoms with E-state index in [4.69, 9.17) is 12.6 Å². The van der Waals surface area contributed by atoms with Gasteiger partial charge in [-0.15, -0.1) is 11.3 Å². The first kappa shape index (κ1) is 27.1. The maximum atomic E-state index is 13.9. The third kappa shape index (κ3) is 5.50. The number of hydrogen-bond acceptors (Lipinski definition) is 7. The molecule has 1 atom stereocenters. The number of likely N-dealkylation sites (tertiary alicyclic amines) is 1. The quantitative estimate of drug-likeness (QED) is 0.185. The molecule has 6 nitrogen and oxygen atoms in total. The van der Waals surface area contributed by atoms with Crippen LogP contribution in [0.5, 0.6) is 17.2 Å². The van der Waals surface area contributed by atoms with Gasteiger partial charge in [0.1, 0.15) is 30.0 Å². The number of rotatable bonds is 9. The molecule has 3 N–H and O–H groups in total. The summed E-state index contributed by atoms with van der Waals surface area (Å²) in [6, 6.07) is 14.8. The molecule has 0 saturated carbocycles. The Morgan fingerprint density at radius 1 is 1.15 bits per heavy atom. The Morgan fingerprint density at radius 3 is 2.46 bits per heavy atom. The lowest BCUT2D eigenvalue weighted by Gasteiger charge is -2.48. The molecule has 5 rings (SSSR count). The third-order valence-corrected chi connectivity index (χ3v) is 8.03. The molecule has 1 aromatic heterocycles. The second-order valence-corrected chi connectivity index (χ2v) is 10.9. The number of fused-ring (bicyclic) bond motifs is 1. The van der Waals surface area contributed by atoms with Crippen molar-refractivity contribution in [3.05, 3.63) is 82.0 Å². The highest BCUT2D eigenvalue weighted by Crippen LogP contribution is 2.43. The van der Waals surface area contributed by atoms with E-state index in [2.05, 4.69) is 5.32 Å². The maximum absolute atomic E-state index is 13.9. The summed E-state index contributed by atoms with van der Waals surface area (Å²) < 4.78 is 33.4. The summed E-state index contributed by atoms with van der Waals surface area (Å²) in [4.78, 5) is 15.7. The number of aromatic hydroxyl groups is 1. The van der Waals surface area contributed by atoms with Crippen LogP contribution in [0.1, 0.15) is 32.8 Å². The van der Waals surface area contributed by atoms with Crippen LogP contribution in [0.3, 0.4) is 0 Å². The van der Waals surface area contributed by atoms with E-state index in [1.807, 2.05) is 12.1 Å². The summed E-state index contributed by atoms with van der Waals surface area (Å²) in [5, 5.41) is 24.1. The number of ether oxygens (including phenoxy) is 1. The standard InChI is InChI=1S/C29H27BF2N2O4S/c1-16-11-18(32)12-17(2)25(16)26(36)28-27(23-8-5-21(35)13-24(23)39-28)38-22-6-3-19(4-7-22)33-20-14-34(15-20)29(30,37)9-10-31/h3-8,11-13,20,33,35,37H,9-10,14-15H2,1-2H3. The van der Waals surface area contributed by atoms with Gasteiger partial charge in [-0.25, -0.2) is 4.39 Å². The zero-order valence-electron chi connectivity index (χ0n) is 21.5. The van der Waals surface area contributed by atoms with Gasteiger partial charge in [-0.1, -0.05) is 0 Å². The molecule has 1 saturated heterocycles. The van der Waals surface area contributed by atoms with Crippen molar-refractivity contribution in [2.24, 2.45) is 0 Å². The Morgan fingerprint density at radius 2 is 1.82 bits per heavy atom. The fraction of sp³-hybridized carbons (Fsp3) is 0.276. The number of benzene rings is 3. The number of phenols is 1. The number of carbonyl (C=O) groups excluding carboxylic acids is 1. The number of aryl methyl sites for hydroxylation is 2. The van der Waals surface area contributed by atoms with Crippen LogP contribution in [0.2, 0.25) is 0 Å². The van der Waals surface area contributed by atoms with Gasteiger partial charge in [0.25, 0.3) is 0 Å². The van der Waals surface area contributed by atoms with Gasteiger partial charge in [0.2, 0.25) is 5.78 Å². The van der Waals surface area contributed by atoms with Crippen molar-refractivity contribution in [1.82, 2.24) is 4.90 Å². The highest BCUT2D eigenvalue weighted by atomic mass is 32.1. The Balaban J connectivity index is 1.37. The van der Waals surface area contributed by atoms with Crippen LogP contribution in [0.15, 0.2) is 54.6 Å². The molecule has 2 heterocycles. The van der Waals surface area contributed by atoms with Gasteiger partial charge in [-0.2, -0.15) is 0 Å². The molecular weight excluding hydrogens is 521 g/mol. The van der Waals surface area contributed by atoms with E-state index >= 15 is 0 Å². The van der Waals surface area contributed by atoms with Gasteiger partial charge < -0.3 is 20.3 Å². The van der Waals surface area contributed by atoms with Crippen LogP contribution in [-0.2, 0) is 0 Å². The van der Waals surface area contributed by atoms with Gasteiger partial charge in [-0.05, 0) is 79.6 Å². The monoisotopic (exact) mass is 548 g/mol. The zero-order chi connectivity index (χ0) is 27.9. The third-order valence-electron chi connectivity index (χ3n) is 6.90. The smallest absolute Gasteiger partial charge is 0.207 e. The van der Waals surface area contributed by atoms with Crippen molar-refractivity contribution >= 4 is 40.7 Å². The number of nitrogens with one attached hydrogen (secondary N) is 1. The van der Waals surface area contributed by atoms with Gasteiger partial charge >= 0.3 is 0 Å². The number of anilines is 1. The number of aliphatic hydroxyl groups is 1. The Hall–Kier alpha value is -3.47. The molecule has 39 heavy (non-hydrogen) atoms. The van der Waals surface area contributed by atoms with Crippen LogP contribution < -0.4 is 10.1 Å². The molecule has 2 radical (unpaired) electrons. The summed E-state index contributed by atoms with van der Waals surface area (Å²) in [5.41, 5.74) is 0.664. The molecule has 0 spiro atoms. The van der Waals surface area contributed by atoms with Crippen LogP contribution >= 0.6 is 11.3 Å². The lowest BCUT2D eigenvalue weighted by atomic mass is 9.83. The average Bonchev–Trinajstić information content (AvgIpc) is 3.18. The summed E-state index contributed by atoms with van der Waals surface area (Å²) in [7, 11) is 5.76. The predicted molar refractivity (Wildman–Crippen MR) is 150 cm³/mol. The number of carbonyl (C=O) groups is 1. The number of phenolic OH excluding ortho intramolecular Hbond substituents is 1. The van der Waals surface area contributed by atoms with Crippen molar-refractivity contribution in [1.29, 1.82) is 0 Å². The first-order valence-electron chi connectivity index (χ1n) is 12.5. The molecule has 1 aliphatic rings. The summed E-state index contributed by atoms with van der Waals surface area (Å²) in [6.45, 7) is 3.66. The van der Waals surface area contributed by atoms with Gasteiger partial charge in [0.15, 0.2) is 5.75 Å². The number of ketones is 1. The van der Waals surface area contributed by atoms with E-state index in [9.17, 15) is 23.8 Å². The van der Waals surface area contributed by atoms with E-state index < -0.39 is 18.1 Å². The van der Waals surface area contributed by atoms with Gasteiger partial charge in [0.05, 0.1) is 18.3 Å². The van der Waals surface area contributed by atoms with Crippen LogP contribution in [0.25, 0.3) is 10.1 Å². The molecule has 1 fully saturated rings. The topological polar surface area (TPSA) is 82.0 Å². The highest BCUT2D eigenvalue weighted by Gasteiger charge is 2.38. The second kappa shape index (κ2) is 10.6. The van der Waals surface area contributed by atoms with Gasteiger partial charge in [0, 0.05) is 40.8 Å². The lowest BCUT2D eigenvalue weighted by Crippen LogP contribution is -2.65. The van der Waals surface area contributed by atoms with Crippen LogP contribution in [0, 0.1) is 19.7 Å². The predicted octanol–water partition coefficient (Wildman–Crippen LogP) is 5.66. The minimum atomic E-state index is -1.65.